The van der Waals surface area contributed by atoms with Crippen molar-refractivity contribution in [3.05, 3.63) is 0 Å². The highest BCUT2D eigenvalue weighted by Gasteiger charge is 2.47. The van der Waals surface area contributed by atoms with Crippen molar-refractivity contribution in [3.8, 4) is 0 Å². The van der Waals surface area contributed by atoms with Gasteiger partial charge in [-0.3, -0.25) is 0 Å². The zero-order valence-corrected chi connectivity index (χ0v) is 8.30. The van der Waals surface area contributed by atoms with Crippen LogP contribution in [0.4, 0.5) is 8.78 Å². The first-order chi connectivity index (χ1) is 6.40. The maximum atomic E-state index is 12.9. The van der Waals surface area contributed by atoms with Crippen molar-refractivity contribution in [1.82, 2.24) is 0 Å². The Kier molecular flexibility index (Phi) is 3.44. The van der Waals surface area contributed by atoms with Gasteiger partial charge in [0.1, 0.15) is 0 Å². The molecule has 3 N–H and O–H groups in total. The zero-order chi connectivity index (χ0) is 10.8. The van der Waals surface area contributed by atoms with E-state index in [9.17, 15) is 13.9 Å². The Balaban J connectivity index is 2.55. The van der Waals surface area contributed by atoms with Gasteiger partial charge in [-0.15, -0.1) is 0 Å². The quantitative estimate of drug-likeness (QED) is 0.726. The Morgan fingerprint density at radius 2 is 2.14 bits per heavy atom. The van der Waals surface area contributed by atoms with Crippen LogP contribution in [-0.4, -0.2) is 36.4 Å². The van der Waals surface area contributed by atoms with Crippen LogP contribution < -0.4 is 5.73 Å². The molecular weight excluding hydrogens is 192 g/mol. The van der Waals surface area contributed by atoms with Gasteiger partial charge < -0.3 is 15.6 Å². The molecule has 0 aromatic carbocycles. The first kappa shape index (κ1) is 11.8. The van der Waals surface area contributed by atoms with E-state index >= 15 is 0 Å². The molecule has 0 bridgehead atoms. The maximum absolute atomic E-state index is 12.9. The zero-order valence-electron chi connectivity index (χ0n) is 8.30. The summed E-state index contributed by atoms with van der Waals surface area (Å²) >= 11 is 0. The normalized spacial score (nSPS) is 37.1. The van der Waals surface area contributed by atoms with Gasteiger partial charge in [0.2, 0.25) is 5.92 Å². The SMILES string of the molecule is COCCC1(O)CCC(F)(F)CC1N. The van der Waals surface area contributed by atoms with Crippen LogP contribution in [0.25, 0.3) is 0 Å². The molecule has 3 nitrogen and oxygen atoms in total. The Labute approximate surface area is 82.2 Å². The van der Waals surface area contributed by atoms with Crippen molar-refractivity contribution in [2.24, 2.45) is 5.73 Å². The highest BCUT2D eigenvalue weighted by Crippen LogP contribution is 2.39. The van der Waals surface area contributed by atoms with Crippen LogP contribution in [0.2, 0.25) is 0 Å². The molecule has 0 radical (unpaired) electrons. The third-order valence-corrected chi connectivity index (χ3v) is 2.87. The van der Waals surface area contributed by atoms with Crippen LogP contribution in [0.1, 0.15) is 25.7 Å². The lowest BCUT2D eigenvalue weighted by Crippen LogP contribution is -2.55. The van der Waals surface area contributed by atoms with Gasteiger partial charge >= 0.3 is 0 Å². The Hall–Kier alpha value is -0.260. The van der Waals surface area contributed by atoms with E-state index in [1.54, 1.807) is 0 Å². The van der Waals surface area contributed by atoms with Crippen LogP contribution in [-0.2, 0) is 4.74 Å². The van der Waals surface area contributed by atoms with Gasteiger partial charge in [-0.2, -0.15) is 0 Å². The summed E-state index contributed by atoms with van der Waals surface area (Å²) in [4.78, 5) is 0. The van der Waals surface area contributed by atoms with Crippen molar-refractivity contribution in [1.29, 1.82) is 0 Å². The van der Waals surface area contributed by atoms with Crippen LogP contribution >= 0.6 is 0 Å². The molecule has 14 heavy (non-hydrogen) atoms. The predicted molar refractivity (Wildman–Crippen MR) is 48.2 cm³/mol. The summed E-state index contributed by atoms with van der Waals surface area (Å²) in [6.07, 6.45) is -0.362. The van der Waals surface area contributed by atoms with Gasteiger partial charge in [-0.25, -0.2) is 8.78 Å². The minimum Gasteiger partial charge on any atom is -0.388 e. The molecule has 0 aromatic rings. The highest BCUT2D eigenvalue weighted by molar-refractivity contribution is 4.98. The summed E-state index contributed by atoms with van der Waals surface area (Å²) in [6.45, 7) is 0.343. The van der Waals surface area contributed by atoms with Gasteiger partial charge in [0, 0.05) is 39.0 Å². The Bertz CT molecular complexity index is 201. The van der Waals surface area contributed by atoms with Crippen LogP contribution in [0.5, 0.6) is 0 Å². The number of methoxy groups -OCH3 is 1. The van der Waals surface area contributed by atoms with Gasteiger partial charge in [-0.05, 0) is 6.42 Å². The van der Waals surface area contributed by atoms with Crippen molar-refractivity contribution in [3.63, 3.8) is 0 Å². The summed E-state index contributed by atoms with van der Waals surface area (Å²) in [5.74, 6) is -2.72. The number of rotatable bonds is 3. The molecular formula is C9H17F2NO2. The molecule has 0 amide bonds. The second-order valence-corrected chi connectivity index (χ2v) is 4.01. The molecule has 1 aliphatic carbocycles. The lowest BCUT2D eigenvalue weighted by Gasteiger charge is -2.41. The lowest BCUT2D eigenvalue weighted by molar-refractivity contribution is -0.122. The second-order valence-electron chi connectivity index (χ2n) is 4.01. The van der Waals surface area contributed by atoms with Gasteiger partial charge in [0.25, 0.3) is 0 Å². The van der Waals surface area contributed by atoms with Gasteiger partial charge in [-0.1, -0.05) is 0 Å². The summed E-state index contributed by atoms with van der Waals surface area (Å²) in [5, 5.41) is 9.96. The number of aliphatic hydroxyl groups is 1. The number of alkyl halides is 2. The smallest absolute Gasteiger partial charge is 0.249 e. The number of halogens is 2. The molecule has 0 aliphatic heterocycles. The number of hydrogen-bond acceptors (Lipinski definition) is 3. The fourth-order valence-corrected chi connectivity index (χ4v) is 1.79. The van der Waals surface area contributed by atoms with E-state index in [0.717, 1.165) is 0 Å². The van der Waals surface area contributed by atoms with Crippen LogP contribution in [0.15, 0.2) is 0 Å². The van der Waals surface area contributed by atoms with E-state index in [0.29, 0.717) is 13.0 Å². The first-order valence-electron chi connectivity index (χ1n) is 4.74. The molecule has 0 heterocycles. The Morgan fingerprint density at radius 3 is 2.64 bits per heavy atom. The van der Waals surface area contributed by atoms with E-state index in [1.165, 1.54) is 7.11 Å². The second kappa shape index (κ2) is 4.08. The van der Waals surface area contributed by atoms with Crippen LogP contribution in [0.3, 0.4) is 0 Å². The summed E-state index contributed by atoms with van der Waals surface area (Å²) in [5.41, 5.74) is 4.36. The standard InChI is InChI=1S/C9H17F2NO2/c1-14-5-4-8(13)2-3-9(10,11)6-7(8)12/h7,13H,2-6,12H2,1H3. The maximum Gasteiger partial charge on any atom is 0.249 e. The van der Waals surface area contributed by atoms with Crippen molar-refractivity contribution in [2.45, 2.75) is 43.2 Å². The summed E-state index contributed by atoms with van der Waals surface area (Å²) in [7, 11) is 1.51. The van der Waals surface area contributed by atoms with E-state index in [1.807, 2.05) is 0 Å². The fraction of sp³-hybridized carbons (Fsp3) is 1.00. The van der Waals surface area contributed by atoms with E-state index in [4.69, 9.17) is 10.5 Å². The number of nitrogens with two attached hydrogens (primary N) is 1. The average Bonchev–Trinajstić information content (AvgIpc) is 2.09. The van der Waals surface area contributed by atoms with Crippen molar-refractivity contribution < 1.29 is 18.6 Å². The lowest BCUT2D eigenvalue weighted by atomic mass is 9.77. The molecule has 1 fully saturated rings. The Morgan fingerprint density at radius 1 is 1.50 bits per heavy atom. The third kappa shape index (κ3) is 2.62. The van der Waals surface area contributed by atoms with Gasteiger partial charge in [0.05, 0.1) is 5.60 Å². The molecule has 2 unspecified atom stereocenters. The largest absolute Gasteiger partial charge is 0.388 e. The van der Waals surface area contributed by atoms with Gasteiger partial charge in [0.15, 0.2) is 0 Å². The highest BCUT2D eigenvalue weighted by atomic mass is 19.3. The average molecular weight is 209 g/mol. The minimum absolute atomic E-state index is 0.0462. The van der Waals surface area contributed by atoms with Crippen LogP contribution in [0, 0.1) is 0 Å². The molecule has 1 saturated carbocycles. The first-order valence-corrected chi connectivity index (χ1v) is 4.74. The summed E-state index contributed by atoms with van der Waals surface area (Å²) < 4.78 is 30.6. The van der Waals surface area contributed by atoms with E-state index in [-0.39, 0.29) is 12.8 Å². The number of ether oxygens (including phenoxy) is 1. The molecule has 1 aliphatic rings. The molecule has 84 valence electrons. The van der Waals surface area contributed by atoms with E-state index < -0.39 is 24.0 Å². The molecule has 2 atom stereocenters. The monoisotopic (exact) mass is 209 g/mol. The number of hydrogen-bond donors (Lipinski definition) is 2. The molecule has 5 heteroatoms. The van der Waals surface area contributed by atoms with Crippen molar-refractivity contribution in [2.75, 3.05) is 13.7 Å². The van der Waals surface area contributed by atoms with Crippen molar-refractivity contribution >= 4 is 0 Å². The molecule has 0 saturated heterocycles. The topological polar surface area (TPSA) is 55.5 Å². The summed E-state index contributed by atoms with van der Waals surface area (Å²) in [6, 6.07) is -0.860. The molecule has 0 aromatic heterocycles. The predicted octanol–water partition coefficient (Wildman–Crippen LogP) is 0.901. The molecule has 0 spiro atoms. The molecule has 1 rings (SSSR count). The van der Waals surface area contributed by atoms with E-state index in [2.05, 4.69) is 0 Å². The minimum atomic E-state index is -2.72. The third-order valence-electron chi connectivity index (χ3n) is 2.87. The fourth-order valence-electron chi connectivity index (χ4n) is 1.79.